The molecule has 0 saturated heterocycles. The molecule has 37 heavy (non-hydrogen) atoms. The van der Waals surface area contributed by atoms with Gasteiger partial charge in [0.15, 0.2) is 11.6 Å². The van der Waals surface area contributed by atoms with Crippen LogP contribution in [0.2, 0.25) is 0 Å². The van der Waals surface area contributed by atoms with Crippen LogP contribution in [0.3, 0.4) is 0 Å². The van der Waals surface area contributed by atoms with Gasteiger partial charge in [-0.15, -0.1) is 11.3 Å². The minimum Gasteiger partial charge on any atom is -0.494 e. The molecule has 1 amide bonds. The Morgan fingerprint density at radius 3 is 2.59 bits per heavy atom. The standard InChI is InChI=1S/C26H24FN3O6S/c1-3-36-26(33)17-7-4-15(5-8-17)12-35-13-18-14-37-25-21(18)23(31)29-22(30-25)24(32)28-11-16-6-9-19(27)20(10-16)34-2/h4-10,14H,3,11-13H2,1-2H3,(H,28,32)(H,29,30,31). The lowest BCUT2D eigenvalue weighted by molar-refractivity contribution is 0.0526. The number of methoxy groups -OCH3 is 1. The second-order valence-corrected chi connectivity index (χ2v) is 8.78. The molecule has 0 spiro atoms. The topological polar surface area (TPSA) is 120 Å². The molecule has 0 atom stereocenters. The number of amides is 1. The second kappa shape index (κ2) is 11.8. The Kier molecular flexibility index (Phi) is 8.26. The molecular formula is C26H24FN3O6S. The van der Waals surface area contributed by atoms with Crippen LogP contribution in [-0.4, -0.2) is 35.6 Å². The summed E-state index contributed by atoms with van der Waals surface area (Å²) in [5.74, 6) is -1.50. The van der Waals surface area contributed by atoms with E-state index in [2.05, 4.69) is 15.3 Å². The van der Waals surface area contributed by atoms with Gasteiger partial charge in [0.05, 0.1) is 37.9 Å². The third kappa shape index (κ3) is 6.19. The summed E-state index contributed by atoms with van der Waals surface area (Å²) in [6.07, 6.45) is 0. The normalized spacial score (nSPS) is 10.9. The van der Waals surface area contributed by atoms with Gasteiger partial charge < -0.3 is 24.5 Å². The summed E-state index contributed by atoms with van der Waals surface area (Å²) >= 11 is 1.24. The molecule has 4 rings (SSSR count). The predicted octanol–water partition coefficient (Wildman–Crippen LogP) is 3.96. The van der Waals surface area contributed by atoms with E-state index < -0.39 is 17.3 Å². The molecule has 0 fully saturated rings. The van der Waals surface area contributed by atoms with E-state index in [0.717, 1.165) is 5.56 Å². The number of halogens is 1. The number of benzene rings is 2. The third-order valence-electron chi connectivity index (χ3n) is 5.40. The van der Waals surface area contributed by atoms with Gasteiger partial charge in [-0.25, -0.2) is 14.2 Å². The van der Waals surface area contributed by atoms with Crippen molar-refractivity contribution in [3.8, 4) is 5.75 Å². The van der Waals surface area contributed by atoms with E-state index in [0.29, 0.717) is 33.5 Å². The van der Waals surface area contributed by atoms with Crippen LogP contribution < -0.4 is 15.6 Å². The van der Waals surface area contributed by atoms with Crippen LogP contribution in [0.4, 0.5) is 4.39 Å². The van der Waals surface area contributed by atoms with Crippen molar-refractivity contribution in [3.63, 3.8) is 0 Å². The molecule has 4 aromatic rings. The van der Waals surface area contributed by atoms with Gasteiger partial charge in [0, 0.05) is 12.1 Å². The van der Waals surface area contributed by atoms with Gasteiger partial charge in [0.1, 0.15) is 4.83 Å². The lowest BCUT2D eigenvalue weighted by atomic mass is 10.1. The molecule has 0 unspecified atom stereocenters. The Bertz CT molecular complexity index is 1480. The first-order valence-corrected chi connectivity index (χ1v) is 12.2. The first kappa shape index (κ1) is 26.0. The zero-order valence-electron chi connectivity index (χ0n) is 20.1. The lowest BCUT2D eigenvalue weighted by Gasteiger charge is -2.08. The monoisotopic (exact) mass is 525 g/mol. The van der Waals surface area contributed by atoms with Crippen molar-refractivity contribution in [1.82, 2.24) is 15.3 Å². The van der Waals surface area contributed by atoms with Crippen LogP contribution in [0, 0.1) is 5.82 Å². The smallest absolute Gasteiger partial charge is 0.338 e. The maximum absolute atomic E-state index is 13.6. The average Bonchev–Trinajstić information content (AvgIpc) is 3.32. The average molecular weight is 526 g/mol. The van der Waals surface area contributed by atoms with Crippen LogP contribution in [0.1, 0.15) is 44.6 Å². The van der Waals surface area contributed by atoms with Crippen LogP contribution in [-0.2, 0) is 29.2 Å². The second-order valence-electron chi connectivity index (χ2n) is 7.92. The third-order valence-corrected chi connectivity index (χ3v) is 6.32. The number of carbonyl (C=O) groups is 2. The maximum Gasteiger partial charge on any atom is 0.338 e. The van der Waals surface area contributed by atoms with Crippen LogP contribution in [0.5, 0.6) is 5.75 Å². The molecule has 9 nitrogen and oxygen atoms in total. The van der Waals surface area contributed by atoms with Gasteiger partial charge in [-0.05, 0) is 47.7 Å². The Morgan fingerprint density at radius 1 is 1.11 bits per heavy atom. The first-order chi connectivity index (χ1) is 17.9. The van der Waals surface area contributed by atoms with E-state index in [4.69, 9.17) is 14.2 Å². The SMILES string of the molecule is CCOC(=O)c1ccc(COCc2csc3nc(C(=O)NCc4ccc(F)c(OC)c4)[nH]c(=O)c23)cc1. The quantitative estimate of drug-likeness (QED) is 0.301. The summed E-state index contributed by atoms with van der Waals surface area (Å²) in [5.41, 5.74) is 2.15. The molecule has 2 N–H and O–H groups in total. The number of aromatic nitrogens is 2. The summed E-state index contributed by atoms with van der Waals surface area (Å²) in [7, 11) is 1.36. The van der Waals surface area contributed by atoms with Crippen molar-refractivity contribution in [2.75, 3.05) is 13.7 Å². The lowest BCUT2D eigenvalue weighted by Crippen LogP contribution is -2.27. The van der Waals surface area contributed by atoms with Gasteiger partial charge in [0.2, 0.25) is 5.82 Å². The molecule has 0 radical (unpaired) electrons. The number of aromatic amines is 1. The number of nitrogens with zero attached hydrogens (tertiary/aromatic N) is 1. The van der Waals surface area contributed by atoms with Crippen molar-refractivity contribution in [1.29, 1.82) is 0 Å². The predicted molar refractivity (Wildman–Crippen MR) is 135 cm³/mol. The van der Waals surface area contributed by atoms with Gasteiger partial charge in [-0.1, -0.05) is 18.2 Å². The number of ether oxygens (including phenoxy) is 3. The maximum atomic E-state index is 13.6. The largest absolute Gasteiger partial charge is 0.494 e. The molecule has 0 saturated carbocycles. The van der Waals surface area contributed by atoms with Gasteiger partial charge in [-0.2, -0.15) is 0 Å². The van der Waals surface area contributed by atoms with E-state index in [1.165, 1.54) is 36.6 Å². The summed E-state index contributed by atoms with van der Waals surface area (Å²) in [6, 6.07) is 11.2. The first-order valence-electron chi connectivity index (χ1n) is 11.3. The zero-order chi connectivity index (χ0) is 26.4. The van der Waals surface area contributed by atoms with Crippen LogP contribution in [0.25, 0.3) is 10.2 Å². The van der Waals surface area contributed by atoms with Crippen LogP contribution >= 0.6 is 11.3 Å². The van der Waals surface area contributed by atoms with E-state index in [9.17, 15) is 18.8 Å². The highest BCUT2D eigenvalue weighted by Crippen LogP contribution is 2.22. The summed E-state index contributed by atoms with van der Waals surface area (Å²) < 4.78 is 29.2. The molecule has 0 aliphatic heterocycles. The van der Waals surface area contributed by atoms with Crippen LogP contribution in [0.15, 0.2) is 52.6 Å². The minimum absolute atomic E-state index is 0.0710. The summed E-state index contributed by atoms with van der Waals surface area (Å²) in [4.78, 5) is 44.3. The highest BCUT2D eigenvalue weighted by atomic mass is 32.1. The molecule has 2 heterocycles. The number of thiophene rings is 1. The molecule has 0 aliphatic rings. The van der Waals surface area contributed by atoms with Gasteiger partial charge >= 0.3 is 5.97 Å². The Morgan fingerprint density at radius 2 is 1.86 bits per heavy atom. The Hall–Kier alpha value is -4.09. The number of fused-ring (bicyclic) bond motifs is 1. The number of rotatable bonds is 10. The van der Waals surface area contributed by atoms with Crippen molar-refractivity contribution in [2.45, 2.75) is 26.7 Å². The van der Waals surface area contributed by atoms with Gasteiger partial charge in [0.25, 0.3) is 11.5 Å². The van der Waals surface area contributed by atoms with E-state index in [-0.39, 0.29) is 37.3 Å². The fourth-order valence-corrected chi connectivity index (χ4v) is 4.46. The summed E-state index contributed by atoms with van der Waals surface area (Å²) in [6.45, 7) is 2.60. The molecule has 2 aromatic carbocycles. The fraction of sp³-hybridized carbons (Fsp3) is 0.231. The number of H-pyrrole nitrogens is 1. The molecular weight excluding hydrogens is 501 g/mol. The van der Waals surface area contributed by atoms with Crippen molar-refractivity contribution in [3.05, 3.63) is 92.1 Å². The molecule has 0 bridgehead atoms. The number of nitrogens with one attached hydrogen (secondary N) is 2. The Labute approximate surface area is 215 Å². The van der Waals surface area contributed by atoms with Crippen molar-refractivity contribution < 1.29 is 28.2 Å². The number of esters is 1. The highest BCUT2D eigenvalue weighted by molar-refractivity contribution is 7.16. The Balaban J connectivity index is 1.38. The number of hydrogen-bond acceptors (Lipinski definition) is 8. The van der Waals surface area contributed by atoms with E-state index in [1.807, 2.05) is 0 Å². The zero-order valence-corrected chi connectivity index (χ0v) is 20.9. The highest BCUT2D eigenvalue weighted by Gasteiger charge is 2.16. The van der Waals surface area contributed by atoms with Crippen molar-refractivity contribution in [2.24, 2.45) is 0 Å². The molecule has 0 aliphatic carbocycles. The van der Waals surface area contributed by atoms with Gasteiger partial charge in [-0.3, -0.25) is 9.59 Å². The number of hydrogen-bond donors (Lipinski definition) is 2. The minimum atomic E-state index is -0.570. The van der Waals surface area contributed by atoms with E-state index in [1.54, 1.807) is 36.6 Å². The fourth-order valence-electron chi connectivity index (χ4n) is 3.53. The summed E-state index contributed by atoms with van der Waals surface area (Å²) in [5, 5.41) is 4.79. The molecule has 2 aromatic heterocycles. The number of carbonyl (C=O) groups excluding carboxylic acids is 2. The molecule has 11 heteroatoms. The van der Waals surface area contributed by atoms with E-state index >= 15 is 0 Å². The molecule has 192 valence electrons. The van der Waals surface area contributed by atoms with Crippen molar-refractivity contribution >= 4 is 33.4 Å².